The average molecular weight is 1220 g/mol. The summed E-state index contributed by atoms with van der Waals surface area (Å²) in [5.41, 5.74) is 9.37. The summed E-state index contributed by atoms with van der Waals surface area (Å²) in [6.07, 6.45) is 21.5. The fourth-order valence-corrected chi connectivity index (χ4v) is 11.7. The lowest BCUT2D eigenvalue weighted by molar-refractivity contribution is 0.0280. The van der Waals surface area contributed by atoms with Gasteiger partial charge in [-0.1, -0.05) is 12.1 Å². The summed E-state index contributed by atoms with van der Waals surface area (Å²) < 4.78 is 22.5. The summed E-state index contributed by atoms with van der Waals surface area (Å²) in [6.45, 7) is 18.6. The summed E-state index contributed by atoms with van der Waals surface area (Å²) in [6, 6.07) is 24.8. The van der Waals surface area contributed by atoms with E-state index in [1.165, 1.54) is 18.4 Å². The third-order valence-corrected chi connectivity index (χ3v) is 16.0. The quantitative estimate of drug-likeness (QED) is 0.0577. The molecule has 6 N–H and O–H groups in total. The Morgan fingerprint density at radius 1 is 0.551 bits per heavy atom. The molecule has 6 saturated heterocycles. The topological polar surface area (TPSA) is 269 Å². The second-order valence-corrected chi connectivity index (χ2v) is 25.4. The molecule has 4 unspecified atom stereocenters. The number of rotatable bonds is 15. The molecule has 0 spiro atoms. The van der Waals surface area contributed by atoms with E-state index in [4.69, 9.17) is 24.2 Å². The van der Waals surface area contributed by atoms with Crippen molar-refractivity contribution in [2.45, 2.75) is 109 Å². The van der Waals surface area contributed by atoms with Gasteiger partial charge in [-0.25, -0.2) is 23.5 Å². The SMILES string of the molecule is CC(C)(O)COc1cc(-c2ccc(C3=CCNCC3)nc2)c2c(C#N)cnn2c1.CC(C)(O)COc1cc(-c2ccc(N3CC4CC(C3)N4)nc2)c2c(C#N)cnn2c1.Cc1cnn2cc(OCC(C)(C)O)cc(-c3ccc(N4CC5CC(C4)N5)nc3)c12.Cl. The number of anilines is 2. The van der Waals surface area contributed by atoms with Crippen LogP contribution in [-0.2, 0) is 0 Å². The van der Waals surface area contributed by atoms with Gasteiger partial charge in [0.15, 0.2) is 0 Å². The molecule has 0 saturated carbocycles. The Morgan fingerprint density at radius 3 is 1.30 bits per heavy atom. The third-order valence-electron chi connectivity index (χ3n) is 16.0. The Balaban J connectivity index is 0.000000137. The van der Waals surface area contributed by atoms with Gasteiger partial charge in [0.2, 0.25) is 0 Å². The number of aliphatic hydroxyl groups is 3. The molecule has 16 rings (SSSR count). The first-order valence-corrected chi connectivity index (χ1v) is 29.9. The second-order valence-electron chi connectivity index (χ2n) is 25.4. The number of nitrogens with zero attached hydrogens (tertiary/aromatic N) is 13. The number of halogens is 1. The fourth-order valence-electron chi connectivity index (χ4n) is 11.7. The third kappa shape index (κ3) is 14.3. The Bertz CT molecular complexity index is 4080. The largest absolute Gasteiger partial charge is 0.489 e. The monoisotopic (exact) mass is 1220 g/mol. The maximum atomic E-state index is 9.99. The molecule has 7 aliphatic rings. The Labute approximate surface area is 522 Å². The molecule has 7 aliphatic heterocycles. The average Bonchev–Trinajstić information content (AvgIpc) is 2.69. The van der Waals surface area contributed by atoms with Gasteiger partial charge in [0.1, 0.15) is 60.8 Å². The van der Waals surface area contributed by atoms with Crippen LogP contribution >= 0.6 is 12.4 Å². The molecule has 462 valence electrons. The van der Waals surface area contributed by atoms with Crippen LogP contribution < -0.4 is 40.0 Å². The first kappa shape index (κ1) is 61.9. The van der Waals surface area contributed by atoms with Crippen LogP contribution in [0, 0.1) is 29.6 Å². The number of nitriles is 2. The number of aryl methyl sites for hydroxylation is 1. The number of pyridine rings is 6. The molecule has 16 heterocycles. The van der Waals surface area contributed by atoms with Crippen LogP contribution in [0.3, 0.4) is 0 Å². The lowest BCUT2D eigenvalue weighted by atomic mass is 9.91. The van der Waals surface area contributed by atoms with Crippen molar-refractivity contribution in [2.24, 2.45) is 0 Å². The van der Waals surface area contributed by atoms with Gasteiger partial charge >= 0.3 is 0 Å². The van der Waals surface area contributed by atoms with Crippen LogP contribution in [0.1, 0.15) is 83.2 Å². The summed E-state index contributed by atoms with van der Waals surface area (Å²) in [5, 5.41) is 72.4. The van der Waals surface area contributed by atoms with Crippen molar-refractivity contribution in [1.29, 1.82) is 10.5 Å². The minimum absolute atomic E-state index is 0. The molecule has 22 nitrogen and oxygen atoms in total. The molecule has 0 aromatic carbocycles. The molecule has 0 aliphatic carbocycles. The van der Waals surface area contributed by atoms with Gasteiger partial charge in [0, 0.05) is 109 Å². The summed E-state index contributed by atoms with van der Waals surface area (Å²) in [4.78, 5) is 18.8. The summed E-state index contributed by atoms with van der Waals surface area (Å²) in [5.74, 6) is 3.80. The van der Waals surface area contributed by atoms with E-state index in [0.29, 0.717) is 63.6 Å². The number of ether oxygens (including phenoxy) is 3. The van der Waals surface area contributed by atoms with E-state index in [2.05, 4.69) is 83.3 Å². The molecule has 9 aromatic rings. The van der Waals surface area contributed by atoms with Gasteiger partial charge in [-0.05, 0) is 134 Å². The van der Waals surface area contributed by atoms with E-state index >= 15 is 0 Å². The highest BCUT2D eigenvalue weighted by molar-refractivity contribution is 5.87. The minimum atomic E-state index is -0.956. The van der Waals surface area contributed by atoms with Gasteiger partial charge in [-0.15, -0.1) is 12.4 Å². The van der Waals surface area contributed by atoms with Crippen molar-refractivity contribution < 1.29 is 29.5 Å². The van der Waals surface area contributed by atoms with Gasteiger partial charge in [0.05, 0.1) is 87.4 Å². The highest BCUT2D eigenvalue weighted by atomic mass is 35.5. The van der Waals surface area contributed by atoms with Crippen molar-refractivity contribution in [1.82, 2.24) is 59.7 Å². The number of piperidine rings is 2. The number of nitrogens with one attached hydrogen (secondary N) is 3. The fraction of sp³-hybridized carbons (Fsp3) is 0.394. The van der Waals surface area contributed by atoms with Gasteiger partial charge in [-0.3, -0.25) is 4.98 Å². The molecule has 23 heteroatoms. The Morgan fingerprint density at radius 2 is 0.944 bits per heavy atom. The van der Waals surface area contributed by atoms with E-state index in [9.17, 15) is 25.8 Å². The Hall–Kier alpha value is -8.71. The van der Waals surface area contributed by atoms with Gasteiger partial charge < -0.3 is 55.3 Å². The lowest BCUT2D eigenvalue weighted by Gasteiger charge is -2.48. The molecule has 4 bridgehead atoms. The Kier molecular flexibility index (Phi) is 17.7. The van der Waals surface area contributed by atoms with Crippen LogP contribution in [0.25, 0.3) is 55.5 Å². The lowest BCUT2D eigenvalue weighted by Crippen LogP contribution is -2.67. The van der Waals surface area contributed by atoms with Crippen molar-refractivity contribution in [3.05, 3.63) is 139 Å². The highest BCUT2D eigenvalue weighted by Gasteiger charge is 2.38. The molecule has 4 atom stereocenters. The number of aromatic nitrogens is 9. The molecule has 0 amide bonds. The maximum Gasteiger partial charge on any atom is 0.138 e. The first-order chi connectivity index (χ1) is 42.2. The van der Waals surface area contributed by atoms with Crippen molar-refractivity contribution in [2.75, 3.05) is 68.9 Å². The van der Waals surface area contributed by atoms with E-state index in [0.717, 1.165) is 107 Å². The van der Waals surface area contributed by atoms with Crippen molar-refractivity contribution in [3.8, 4) is 62.8 Å². The standard InChI is InChI=1S/C22H24N6O2.C22H27N5O2.C22H23N5O2.ClH/c1-22(2,29)13-30-18-6-19(21-15(7-23)9-25-28(21)12-18)14-3-4-20(24-8-14)27-10-16-5-17(11-27)26-16;1-14-8-24-27-12-18(29-13-22(2,3)28)7-19(21(14)27)15-4-5-20(23-9-15)26-10-16-6-17(11-26)25-16;1-22(2,28)14-29-18-9-19(21-17(10-23)12-26-27(21)13-18)16-3-4-20(25-11-16)15-5-7-24-8-6-15;/h3-4,6,8-9,12,16-17,26,29H,5,10-11,13H2,1-2H3;4-5,7-9,12,16-17,25,28H,6,10-11,13H2,1-3H3;3-5,9,11-13,24,28H,6-8,14H2,1-2H3;1H. The molecule has 6 fully saturated rings. The predicted molar refractivity (Wildman–Crippen MR) is 343 cm³/mol. The zero-order valence-electron chi connectivity index (χ0n) is 51.1. The summed E-state index contributed by atoms with van der Waals surface area (Å²) >= 11 is 0. The normalized spacial score (nSPS) is 18.6. The van der Waals surface area contributed by atoms with Crippen LogP contribution in [-0.4, -0.2) is 159 Å². The summed E-state index contributed by atoms with van der Waals surface area (Å²) in [7, 11) is 0. The number of fused-ring (bicyclic) bond motifs is 7. The van der Waals surface area contributed by atoms with E-state index in [1.54, 1.807) is 75.4 Å². The number of hydrogen-bond donors (Lipinski definition) is 6. The zero-order chi connectivity index (χ0) is 61.5. The van der Waals surface area contributed by atoms with Gasteiger partial charge in [-0.2, -0.15) is 25.8 Å². The smallest absolute Gasteiger partial charge is 0.138 e. The van der Waals surface area contributed by atoms with E-state index in [-0.39, 0.29) is 32.2 Å². The van der Waals surface area contributed by atoms with Crippen LogP contribution in [0.15, 0.2) is 116 Å². The van der Waals surface area contributed by atoms with E-state index in [1.807, 2.05) is 78.0 Å². The molecule has 9 aromatic heterocycles. The van der Waals surface area contributed by atoms with Crippen LogP contribution in [0.5, 0.6) is 17.2 Å². The zero-order valence-corrected chi connectivity index (χ0v) is 51.9. The molecular weight excluding hydrogens is 1150 g/mol. The van der Waals surface area contributed by atoms with Crippen LogP contribution in [0.4, 0.5) is 11.6 Å². The minimum Gasteiger partial charge on any atom is -0.489 e. The molecule has 0 radical (unpaired) electrons. The van der Waals surface area contributed by atoms with Crippen molar-refractivity contribution >= 4 is 46.2 Å². The first-order valence-electron chi connectivity index (χ1n) is 29.9. The van der Waals surface area contributed by atoms with Crippen molar-refractivity contribution in [3.63, 3.8) is 0 Å². The second kappa shape index (κ2) is 25.4. The van der Waals surface area contributed by atoms with Crippen LogP contribution in [0.2, 0.25) is 0 Å². The highest BCUT2D eigenvalue weighted by Crippen LogP contribution is 2.36. The number of hydrogen-bond acceptors (Lipinski definition) is 19. The maximum absolute atomic E-state index is 9.99. The van der Waals surface area contributed by atoms with Gasteiger partial charge in [0.25, 0.3) is 0 Å². The number of piperazine rings is 2. The molecule has 89 heavy (non-hydrogen) atoms. The molecular formula is C66H75ClN16O6. The van der Waals surface area contributed by atoms with E-state index < -0.39 is 16.8 Å². The predicted octanol–water partition coefficient (Wildman–Crippen LogP) is 7.59.